The largest absolute Gasteiger partial charge is 0.504 e. The van der Waals surface area contributed by atoms with Gasteiger partial charge in [-0.05, 0) is 12.1 Å². The minimum Gasteiger partial charge on any atom is -0.504 e. The standard InChI is InChI=1S/C10H8O4/c1-13-8-3-2-7-9(10(8)12)6(11)4-5-14-7/h2-5,12H,1H3. The van der Waals surface area contributed by atoms with E-state index in [1.165, 1.54) is 19.4 Å². The van der Waals surface area contributed by atoms with E-state index in [-0.39, 0.29) is 22.3 Å². The summed E-state index contributed by atoms with van der Waals surface area (Å²) in [7, 11) is 1.42. The Morgan fingerprint density at radius 2 is 2.14 bits per heavy atom. The van der Waals surface area contributed by atoms with Crippen molar-refractivity contribution in [2.45, 2.75) is 0 Å². The highest BCUT2D eigenvalue weighted by molar-refractivity contribution is 5.85. The van der Waals surface area contributed by atoms with E-state index in [4.69, 9.17) is 9.15 Å². The van der Waals surface area contributed by atoms with E-state index < -0.39 is 0 Å². The van der Waals surface area contributed by atoms with Crippen molar-refractivity contribution in [1.29, 1.82) is 0 Å². The van der Waals surface area contributed by atoms with E-state index in [2.05, 4.69) is 0 Å². The molecule has 2 rings (SSSR count). The Balaban J connectivity index is 2.94. The quantitative estimate of drug-likeness (QED) is 0.743. The van der Waals surface area contributed by atoms with Crippen molar-refractivity contribution in [3.8, 4) is 11.5 Å². The van der Waals surface area contributed by atoms with E-state index in [9.17, 15) is 9.90 Å². The van der Waals surface area contributed by atoms with Gasteiger partial charge in [-0.25, -0.2) is 0 Å². The normalized spacial score (nSPS) is 10.4. The van der Waals surface area contributed by atoms with Crippen molar-refractivity contribution in [2.24, 2.45) is 0 Å². The maximum absolute atomic E-state index is 11.4. The molecule has 1 aromatic heterocycles. The molecule has 0 aliphatic carbocycles. The van der Waals surface area contributed by atoms with E-state index in [1.54, 1.807) is 12.1 Å². The number of rotatable bonds is 1. The van der Waals surface area contributed by atoms with E-state index in [1.807, 2.05) is 0 Å². The number of aromatic hydroxyl groups is 1. The third kappa shape index (κ3) is 1.12. The maximum Gasteiger partial charge on any atom is 0.196 e. The topological polar surface area (TPSA) is 59.7 Å². The molecule has 0 amide bonds. The van der Waals surface area contributed by atoms with Gasteiger partial charge < -0.3 is 14.3 Å². The van der Waals surface area contributed by atoms with Gasteiger partial charge in [0.05, 0.1) is 13.4 Å². The lowest BCUT2D eigenvalue weighted by Gasteiger charge is -2.04. The van der Waals surface area contributed by atoms with Crippen LogP contribution in [0.1, 0.15) is 0 Å². The van der Waals surface area contributed by atoms with Crippen LogP contribution in [0, 0.1) is 0 Å². The lowest BCUT2D eigenvalue weighted by atomic mass is 10.2. The Hall–Kier alpha value is -1.97. The smallest absolute Gasteiger partial charge is 0.196 e. The van der Waals surface area contributed by atoms with Crippen LogP contribution in [0.5, 0.6) is 11.5 Å². The highest BCUT2D eigenvalue weighted by atomic mass is 16.5. The average molecular weight is 192 g/mol. The van der Waals surface area contributed by atoms with Gasteiger partial charge in [0.15, 0.2) is 16.9 Å². The van der Waals surface area contributed by atoms with Crippen LogP contribution in [0.25, 0.3) is 11.0 Å². The minimum atomic E-state index is -0.289. The molecule has 0 aliphatic heterocycles. The summed E-state index contributed by atoms with van der Waals surface area (Å²) in [6, 6.07) is 4.37. The van der Waals surface area contributed by atoms with Crippen LogP contribution in [-0.4, -0.2) is 12.2 Å². The van der Waals surface area contributed by atoms with Gasteiger partial charge in [0.25, 0.3) is 0 Å². The molecule has 0 saturated carbocycles. The number of hydrogen-bond donors (Lipinski definition) is 1. The Morgan fingerprint density at radius 1 is 1.36 bits per heavy atom. The first-order valence-corrected chi connectivity index (χ1v) is 4.01. The summed E-state index contributed by atoms with van der Waals surface area (Å²) >= 11 is 0. The van der Waals surface area contributed by atoms with Gasteiger partial charge in [0.2, 0.25) is 0 Å². The summed E-state index contributed by atoms with van der Waals surface area (Å²) in [5.41, 5.74) is 0.0541. The number of benzene rings is 1. The SMILES string of the molecule is COc1ccc2occc(=O)c2c1O. The molecule has 0 aliphatic rings. The second kappa shape index (κ2) is 3.06. The summed E-state index contributed by atoms with van der Waals surface area (Å²) in [5, 5.41) is 9.79. The monoisotopic (exact) mass is 192 g/mol. The first-order valence-electron chi connectivity index (χ1n) is 4.01. The molecule has 4 nitrogen and oxygen atoms in total. The molecule has 0 bridgehead atoms. The summed E-state index contributed by atoms with van der Waals surface area (Å²) in [5.74, 6) is 0.0790. The fraction of sp³-hybridized carbons (Fsp3) is 0.100. The molecular formula is C10H8O4. The molecule has 0 spiro atoms. The summed E-state index contributed by atoms with van der Waals surface area (Å²) < 4.78 is 9.93. The van der Waals surface area contributed by atoms with Crippen LogP contribution in [-0.2, 0) is 0 Å². The second-order valence-electron chi connectivity index (χ2n) is 2.77. The van der Waals surface area contributed by atoms with Crippen LogP contribution in [0.4, 0.5) is 0 Å². The lowest BCUT2D eigenvalue weighted by molar-refractivity contribution is 0.375. The van der Waals surface area contributed by atoms with Crippen LogP contribution in [0.2, 0.25) is 0 Å². The van der Waals surface area contributed by atoms with Crippen molar-refractivity contribution in [3.63, 3.8) is 0 Å². The van der Waals surface area contributed by atoms with Gasteiger partial charge in [0, 0.05) is 6.07 Å². The molecule has 0 unspecified atom stereocenters. The fourth-order valence-electron chi connectivity index (χ4n) is 1.31. The van der Waals surface area contributed by atoms with E-state index in [0.717, 1.165) is 0 Å². The molecule has 1 heterocycles. The van der Waals surface area contributed by atoms with E-state index in [0.29, 0.717) is 5.58 Å². The molecular weight excluding hydrogens is 184 g/mol. The second-order valence-corrected chi connectivity index (χ2v) is 2.77. The van der Waals surface area contributed by atoms with E-state index >= 15 is 0 Å². The molecule has 0 fully saturated rings. The van der Waals surface area contributed by atoms with Crippen LogP contribution < -0.4 is 10.2 Å². The Morgan fingerprint density at radius 3 is 2.86 bits per heavy atom. The molecule has 1 aromatic carbocycles. The minimum absolute atomic E-state index is 0.145. The molecule has 1 N–H and O–H groups in total. The number of ether oxygens (including phenoxy) is 1. The molecule has 0 atom stereocenters. The van der Waals surface area contributed by atoms with Gasteiger partial charge in [-0.2, -0.15) is 0 Å². The van der Waals surface area contributed by atoms with Crippen molar-refractivity contribution in [1.82, 2.24) is 0 Å². The number of hydrogen-bond acceptors (Lipinski definition) is 4. The van der Waals surface area contributed by atoms with Crippen molar-refractivity contribution in [2.75, 3.05) is 7.11 Å². The predicted molar refractivity (Wildman–Crippen MR) is 50.7 cm³/mol. The first kappa shape index (κ1) is 8.62. The fourth-order valence-corrected chi connectivity index (χ4v) is 1.31. The number of phenolic OH excluding ortho intramolecular Hbond substituents is 1. The third-order valence-electron chi connectivity index (χ3n) is 1.98. The van der Waals surface area contributed by atoms with Crippen LogP contribution in [0.15, 0.2) is 33.7 Å². The average Bonchev–Trinajstić information content (AvgIpc) is 2.18. The number of methoxy groups -OCH3 is 1. The summed E-state index contributed by atoms with van der Waals surface area (Å²) in [6.45, 7) is 0. The lowest BCUT2D eigenvalue weighted by Crippen LogP contribution is -1.99. The Bertz CT molecular complexity index is 527. The molecule has 14 heavy (non-hydrogen) atoms. The molecule has 72 valence electrons. The maximum atomic E-state index is 11.4. The Kier molecular flexibility index (Phi) is 1.89. The van der Waals surface area contributed by atoms with Crippen molar-refractivity contribution in [3.05, 3.63) is 34.7 Å². The zero-order valence-corrected chi connectivity index (χ0v) is 7.48. The first-order chi connectivity index (χ1) is 6.74. The zero-order valence-electron chi connectivity index (χ0n) is 7.48. The number of fused-ring (bicyclic) bond motifs is 1. The summed E-state index contributed by atoms with van der Waals surface area (Å²) in [6.07, 6.45) is 1.29. The third-order valence-corrected chi connectivity index (χ3v) is 1.98. The highest BCUT2D eigenvalue weighted by Gasteiger charge is 2.10. The van der Waals surface area contributed by atoms with Gasteiger partial charge in [-0.3, -0.25) is 4.79 Å². The summed E-state index contributed by atoms with van der Waals surface area (Å²) in [4.78, 5) is 11.4. The molecule has 4 heteroatoms. The van der Waals surface area contributed by atoms with Crippen LogP contribution in [0.3, 0.4) is 0 Å². The molecule has 0 saturated heterocycles. The Labute approximate surface area is 79.4 Å². The molecule has 0 radical (unpaired) electrons. The van der Waals surface area contributed by atoms with Gasteiger partial charge in [-0.1, -0.05) is 0 Å². The zero-order chi connectivity index (χ0) is 10.1. The molecule has 2 aromatic rings. The van der Waals surface area contributed by atoms with Gasteiger partial charge in [0.1, 0.15) is 11.0 Å². The van der Waals surface area contributed by atoms with Crippen LogP contribution >= 0.6 is 0 Å². The highest BCUT2D eigenvalue weighted by Crippen LogP contribution is 2.31. The van der Waals surface area contributed by atoms with Gasteiger partial charge in [-0.15, -0.1) is 0 Å². The van der Waals surface area contributed by atoms with Crippen molar-refractivity contribution < 1.29 is 14.3 Å². The predicted octanol–water partition coefficient (Wildman–Crippen LogP) is 1.51. The van der Waals surface area contributed by atoms with Crippen molar-refractivity contribution >= 4 is 11.0 Å². The number of phenols is 1. The van der Waals surface area contributed by atoms with Gasteiger partial charge >= 0.3 is 0 Å².